The van der Waals surface area contributed by atoms with E-state index in [-0.39, 0.29) is 29.6 Å². The van der Waals surface area contributed by atoms with Crippen molar-refractivity contribution < 1.29 is 68.5 Å². The first-order valence-electron chi connectivity index (χ1n) is 4.47. The minimum absolute atomic E-state index is 0. The second-order valence-electron chi connectivity index (χ2n) is 3.78. The average Bonchev–Trinajstić information content (AvgIpc) is 2.13. The molecule has 0 radical (unpaired) electrons. The molecule has 1 aliphatic heterocycles. The van der Waals surface area contributed by atoms with Gasteiger partial charge in [-0.25, -0.2) is 0 Å². The van der Waals surface area contributed by atoms with Gasteiger partial charge in [-0.15, -0.1) is 0 Å². The summed E-state index contributed by atoms with van der Waals surface area (Å²) >= 11 is 0. The van der Waals surface area contributed by atoms with E-state index in [1.807, 2.05) is 5.32 Å². The van der Waals surface area contributed by atoms with Crippen LogP contribution in [0.25, 0.3) is 0 Å². The van der Waals surface area contributed by atoms with Crippen LogP contribution in [0, 0.1) is 0 Å². The van der Waals surface area contributed by atoms with Crippen LogP contribution in [0.2, 0.25) is 0 Å². The Kier molecular flexibility index (Phi) is 6.44. The summed E-state index contributed by atoms with van der Waals surface area (Å²) in [6.07, 6.45) is -1.46. The molecular weight excluding hydrogens is 337 g/mol. The molecule has 0 aliphatic carbocycles. The molecule has 1 aliphatic rings. The van der Waals surface area contributed by atoms with Crippen molar-refractivity contribution in [1.82, 2.24) is 5.32 Å². The first-order chi connectivity index (χ1) is 7.82. The maximum absolute atomic E-state index is 10.9. The molecule has 2 atom stereocenters. The van der Waals surface area contributed by atoms with Gasteiger partial charge in [-0.1, -0.05) is 0 Å². The molecule has 10 nitrogen and oxygen atoms in total. The van der Waals surface area contributed by atoms with Gasteiger partial charge in [0, 0.05) is 0 Å². The Balaban J connectivity index is 0.00000324. The smallest absolute Gasteiger partial charge is 0.285 e. The SMILES string of the molecule is O=S(=O)(O)C1CC(S(=O)(=O)O)NC(S(=O)(=O)O)C1.[Na+]. The molecule has 0 spiro atoms. The standard InChI is InChI=1S/C5H11NO9S3.Na/c7-16(8,9)3-1-4(17(10,11)12)6-5(2-3)18(13,14)15;/h3-6H,1-2H2,(H,7,8,9)(H,10,11,12)(H,13,14,15);/q;+1. The zero-order chi connectivity index (χ0) is 14.4. The van der Waals surface area contributed by atoms with Gasteiger partial charge in [-0.3, -0.25) is 19.0 Å². The summed E-state index contributed by atoms with van der Waals surface area (Å²) in [5, 5.41) is -3.66. The van der Waals surface area contributed by atoms with Crippen molar-refractivity contribution in [3.63, 3.8) is 0 Å². The largest absolute Gasteiger partial charge is 1.00 e. The van der Waals surface area contributed by atoms with Crippen molar-refractivity contribution in [2.45, 2.75) is 28.8 Å². The molecule has 0 aromatic heterocycles. The molecule has 0 aromatic rings. The second kappa shape index (κ2) is 6.21. The van der Waals surface area contributed by atoms with Gasteiger partial charge < -0.3 is 0 Å². The summed E-state index contributed by atoms with van der Waals surface area (Å²) < 4.78 is 91.6. The van der Waals surface area contributed by atoms with E-state index in [0.29, 0.717) is 0 Å². The molecular formula is C5H11NNaO9S3+. The molecule has 1 rings (SSSR count). The van der Waals surface area contributed by atoms with Crippen LogP contribution in [0.3, 0.4) is 0 Å². The van der Waals surface area contributed by atoms with Crippen molar-refractivity contribution in [1.29, 1.82) is 0 Å². The van der Waals surface area contributed by atoms with Crippen molar-refractivity contribution in [2.24, 2.45) is 0 Å². The van der Waals surface area contributed by atoms with Crippen LogP contribution in [0.5, 0.6) is 0 Å². The fraction of sp³-hybridized carbons (Fsp3) is 1.00. The second-order valence-corrected chi connectivity index (χ2v) is 8.68. The molecule has 108 valence electrons. The summed E-state index contributed by atoms with van der Waals surface area (Å²) in [4.78, 5) is 0. The van der Waals surface area contributed by atoms with Crippen molar-refractivity contribution in [3.05, 3.63) is 0 Å². The Morgan fingerprint density at radius 2 is 1.05 bits per heavy atom. The Hall–Kier alpha value is 0.690. The number of hydrogen-bond donors (Lipinski definition) is 4. The minimum Gasteiger partial charge on any atom is -0.285 e. The molecule has 0 aromatic carbocycles. The van der Waals surface area contributed by atoms with E-state index in [4.69, 9.17) is 13.7 Å². The van der Waals surface area contributed by atoms with Gasteiger partial charge in [0.05, 0.1) is 5.25 Å². The fourth-order valence-electron chi connectivity index (χ4n) is 1.58. The topological polar surface area (TPSA) is 175 Å². The minimum atomic E-state index is -4.77. The molecule has 1 saturated heterocycles. The van der Waals surface area contributed by atoms with Crippen LogP contribution in [0.15, 0.2) is 0 Å². The normalized spacial score (nSPS) is 29.5. The maximum atomic E-state index is 10.9. The van der Waals surface area contributed by atoms with Gasteiger partial charge in [0.25, 0.3) is 30.4 Å². The number of piperidine rings is 1. The van der Waals surface area contributed by atoms with Crippen LogP contribution < -0.4 is 34.9 Å². The van der Waals surface area contributed by atoms with E-state index in [0.717, 1.165) is 0 Å². The van der Waals surface area contributed by atoms with Crippen molar-refractivity contribution in [3.8, 4) is 0 Å². The van der Waals surface area contributed by atoms with Gasteiger partial charge in [0.1, 0.15) is 10.7 Å². The third-order valence-corrected chi connectivity index (χ3v) is 5.79. The van der Waals surface area contributed by atoms with E-state index in [1.165, 1.54) is 0 Å². The maximum Gasteiger partial charge on any atom is 1.00 e. The van der Waals surface area contributed by atoms with Crippen LogP contribution in [-0.2, 0) is 30.4 Å². The predicted octanol–water partition coefficient (Wildman–Crippen LogP) is -4.94. The van der Waals surface area contributed by atoms with Crippen molar-refractivity contribution in [2.75, 3.05) is 0 Å². The Morgan fingerprint density at radius 3 is 1.26 bits per heavy atom. The third-order valence-electron chi connectivity index (χ3n) is 2.47. The van der Waals surface area contributed by atoms with E-state index < -0.39 is 59.2 Å². The van der Waals surface area contributed by atoms with E-state index in [2.05, 4.69) is 0 Å². The quantitative estimate of drug-likeness (QED) is 0.285. The van der Waals surface area contributed by atoms with Crippen LogP contribution >= 0.6 is 0 Å². The number of hydrogen-bond acceptors (Lipinski definition) is 7. The molecule has 2 unspecified atom stereocenters. The molecule has 4 N–H and O–H groups in total. The van der Waals surface area contributed by atoms with Gasteiger partial charge in [0.15, 0.2) is 0 Å². The number of rotatable bonds is 3. The van der Waals surface area contributed by atoms with Crippen LogP contribution in [-0.4, -0.2) is 54.9 Å². The van der Waals surface area contributed by atoms with Gasteiger partial charge in [0.2, 0.25) is 0 Å². The summed E-state index contributed by atoms with van der Waals surface area (Å²) in [6, 6.07) is 0. The van der Waals surface area contributed by atoms with Crippen LogP contribution in [0.1, 0.15) is 12.8 Å². The van der Waals surface area contributed by atoms with Gasteiger partial charge >= 0.3 is 29.6 Å². The summed E-state index contributed by atoms with van der Waals surface area (Å²) in [5.74, 6) is 0. The van der Waals surface area contributed by atoms with Gasteiger partial charge in [-0.2, -0.15) is 25.3 Å². The fourth-order valence-corrected chi connectivity index (χ4v) is 4.40. The predicted molar refractivity (Wildman–Crippen MR) is 58.4 cm³/mol. The molecule has 14 heteroatoms. The zero-order valence-electron chi connectivity index (χ0n) is 9.66. The molecule has 1 fully saturated rings. The summed E-state index contributed by atoms with van der Waals surface area (Å²) in [5.41, 5.74) is 0. The Morgan fingerprint density at radius 1 is 0.737 bits per heavy atom. The number of nitrogens with one attached hydrogen (secondary N) is 1. The first-order valence-corrected chi connectivity index (χ1v) is 8.97. The summed E-state index contributed by atoms with van der Waals surface area (Å²) in [7, 11) is -14.3. The zero-order valence-corrected chi connectivity index (χ0v) is 14.1. The van der Waals surface area contributed by atoms with Gasteiger partial charge in [-0.05, 0) is 12.8 Å². The molecule has 19 heavy (non-hydrogen) atoms. The van der Waals surface area contributed by atoms with E-state index in [9.17, 15) is 25.3 Å². The molecule has 0 bridgehead atoms. The van der Waals surface area contributed by atoms with E-state index >= 15 is 0 Å². The van der Waals surface area contributed by atoms with Crippen molar-refractivity contribution >= 4 is 30.4 Å². The Labute approximate surface area is 132 Å². The first kappa shape index (κ1) is 19.7. The average molecular weight is 348 g/mol. The Bertz CT molecular complexity index is 526. The monoisotopic (exact) mass is 348 g/mol. The van der Waals surface area contributed by atoms with E-state index in [1.54, 1.807) is 0 Å². The molecule has 0 amide bonds. The molecule has 1 heterocycles. The third kappa shape index (κ3) is 5.53. The van der Waals surface area contributed by atoms with Crippen LogP contribution in [0.4, 0.5) is 0 Å². The molecule has 0 saturated carbocycles. The summed E-state index contributed by atoms with van der Waals surface area (Å²) in [6.45, 7) is 0.